The highest BCUT2D eigenvalue weighted by Gasteiger charge is 2.34. The fraction of sp³-hybridized carbons (Fsp3) is 0.333. The molecule has 0 fully saturated rings. The highest BCUT2D eigenvalue weighted by molar-refractivity contribution is 9.10. The lowest BCUT2D eigenvalue weighted by Crippen LogP contribution is -2.33. The summed E-state index contributed by atoms with van der Waals surface area (Å²) in [5.41, 5.74) is 0.981. The molecule has 1 aromatic rings. The highest BCUT2D eigenvalue weighted by Crippen LogP contribution is 2.42. The van der Waals surface area contributed by atoms with Gasteiger partial charge in [0.2, 0.25) is 0 Å². The first-order chi connectivity index (χ1) is 9.02. The third-order valence-corrected chi connectivity index (χ3v) is 5.26. The maximum atomic E-state index is 12.0. The Hall–Kier alpha value is -0.500. The number of carbonyl (C=O) groups excluding carboxylic acids is 1. The molecule has 2 rings (SSSR count). The van der Waals surface area contributed by atoms with E-state index in [1.807, 2.05) is 30.5 Å². The van der Waals surface area contributed by atoms with Crippen molar-refractivity contribution in [3.8, 4) is 0 Å². The zero-order chi connectivity index (χ0) is 14.0. The molecule has 102 valence electrons. The van der Waals surface area contributed by atoms with Crippen LogP contribution in [-0.4, -0.2) is 32.8 Å². The molecule has 2 atom stereocenters. The van der Waals surface area contributed by atoms with Gasteiger partial charge in [-0.3, -0.25) is 4.79 Å². The van der Waals surface area contributed by atoms with Crippen LogP contribution in [0.25, 0.3) is 0 Å². The Morgan fingerprint density at radius 1 is 1.53 bits per heavy atom. The first-order valence-electron chi connectivity index (χ1n) is 5.58. The summed E-state index contributed by atoms with van der Waals surface area (Å²) < 4.78 is 1.81. The lowest BCUT2D eigenvalue weighted by molar-refractivity contribution is -0.139. The summed E-state index contributed by atoms with van der Waals surface area (Å²) in [6.45, 7) is 1.46. The van der Waals surface area contributed by atoms with Gasteiger partial charge in [-0.25, -0.2) is 5.01 Å². The second-order valence-corrected chi connectivity index (χ2v) is 6.99. The van der Waals surface area contributed by atoms with E-state index in [1.165, 1.54) is 35.5 Å². The molecule has 0 aliphatic carbocycles. The highest BCUT2D eigenvalue weighted by atomic mass is 79.9. The van der Waals surface area contributed by atoms with Crippen LogP contribution in [0.1, 0.15) is 17.9 Å². The van der Waals surface area contributed by atoms with Crippen molar-refractivity contribution >= 4 is 49.7 Å². The zero-order valence-corrected chi connectivity index (χ0v) is 13.6. The van der Waals surface area contributed by atoms with Crippen molar-refractivity contribution in [2.24, 2.45) is 5.10 Å². The summed E-state index contributed by atoms with van der Waals surface area (Å²) in [5, 5.41) is 14.9. The Kier molecular flexibility index (Phi) is 4.94. The average molecular weight is 361 g/mol. The van der Waals surface area contributed by atoms with Crippen LogP contribution in [0.5, 0.6) is 0 Å². The van der Waals surface area contributed by atoms with Gasteiger partial charge in [-0.05, 0) is 30.9 Å². The number of hydrogen-bond acceptors (Lipinski definition) is 5. The standard InChI is InChI=1S/C12H13BrN2O2S2/c1-7(16)10(17)15-11(19-12(14-15)18-2)8-3-5-9(13)6-4-8/h3-7,11,16H,1-2H3/t7-,11-/m0/s1. The van der Waals surface area contributed by atoms with Gasteiger partial charge in [0, 0.05) is 4.47 Å². The van der Waals surface area contributed by atoms with Crippen molar-refractivity contribution in [2.75, 3.05) is 6.26 Å². The molecule has 4 nitrogen and oxygen atoms in total. The summed E-state index contributed by atoms with van der Waals surface area (Å²) >= 11 is 6.40. The largest absolute Gasteiger partial charge is 0.383 e. The molecule has 1 heterocycles. The van der Waals surface area contributed by atoms with E-state index in [0.29, 0.717) is 0 Å². The van der Waals surface area contributed by atoms with Crippen LogP contribution >= 0.6 is 39.5 Å². The molecule has 0 spiro atoms. The quantitative estimate of drug-likeness (QED) is 0.880. The molecular weight excluding hydrogens is 348 g/mol. The maximum absolute atomic E-state index is 12.0. The number of hydrazone groups is 1. The molecule has 0 unspecified atom stereocenters. The summed E-state index contributed by atoms with van der Waals surface area (Å²) in [4.78, 5) is 12.0. The molecule has 0 bridgehead atoms. The SMILES string of the molecule is CSC1=NN(C(=O)[C@H](C)O)[C@H](c2ccc(Br)cc2)S1. The zero-order valence-electron chi connectivity index (χ0n) is 10.4. The van der Waals surface area contributed by atoms with E-state index in [4.69, 9.17) is 0 Å². The maximum Gasteiger partial charge on any atom is 0.272 e. The monoisotopic (exact) mass is 360 g/mol. The summed E-state index contributed by atoms with van der Waals surface area (Å²) in [6.07, 6.45) is 0.865. The number of aliphatic hydroxyl groups excluding tert-OH is 1. The number of rotatable bonds is 2. The second-order valence-electron chi connectivity index (χ2n) is 3.95. The van der Waals surface area contributed by atoms with Crippen LogP contribution in [0.4, 0.5) is 0 Å². The number of aliphatic hydroxyl groups is 1. The molecule has 1 N–H and O–H groups in total. The Balaban J connectivity index is 2.29. The molecule has 1 aliphatic heterocycles. The first-order valence-corrected chi connectivity index (χ1v) is 8.48. The van der Waals surface area contributed by atoms with E-state index in [2.05, 4.69) is 21.0 Å². The van der Waals surface area contributed by atoms with Crippen LogP contribution in [0, 0.1) is 0 Å². The van der Waals surface area contributed by atoms with Crippen molar-refractivity contribution in [3.05, 3.63) is 34.3 Å². The predicted octanol–water partition coefficient (Wildman–Crippen LogP) is 3.04. The van der Waals surface area contributed by atoms with Gasteiger partial charge >= 0.3 is 0 Å². The van der Waals surface area contributed by atoms with Gasteiger partial charge in [0.05, 0.1) is 0 Å². The normalized spacial score (nSPS) is 20.3. The van der Waals surface area contributed by atoms with Gasteiger partial charge in [0.25, 0.3) is 5.91 Å². The van der Waals surface area contributed by atoms with Gasteiger partial charge in [-0.1, -0.05) is 39.8 Å². The van der Waals surface area contributed by atoms with Crippen molar-refractivity contribution in [2.45, 2.75) is 18.4 Å². The molecular formula is C12H13BrN2O2S2. The van der Waals surface area contributed by atoms with Crippen molar-refractivity contribution in [3.63, 3.8) is 0 Å². The Labute approximate surface area is 128 Å². The molecule has 19 heavy (non-hydrogen) atoms. The van der Waals surface area contributed by atoms with Gasteiger partial charge in [-0.15, -0.1) is 11.8 Å². The molecule has 1 amide bonds. The minimum atomic E-state index is -1.05. The first kappa shape index (κ1) is 14.9. The van der Waals surface area contributed by atoms with Crippen LogP contribution in [0.15, 0.2) is 33.8 Å². The number of nitrogens with zero attached hydrogens (tertiary/aromatic N) is 2. The molecule has 0 saturated carbocycles. The van der Waals surface area contributed by atoms with E-state index in [1.54, 1.807) is 0 Å². The van der Waals surface area contributed by atoms with E-state index in [0.717, 1.165) is 14.4 Å². The van der Waals surface area contributed by atoms with E-state index in [9.17, 15) is 9.90 Å². The predicted molar refractivity (Wildman–Crippen MR) is 84.0 cm³/mol. The number of carbonyl (C=O) groups is 1. The van der Waals surface area contributed by atoms with Crippen LogP contribution < -0.4 is 0 Å². The molecule has 1 aromatic carbocycles. The summed E-state index contributed by atoms with van der Waals surface area (Å²) in [7, 11) is 0. The van der Waals surface area contributed by atoms with Gasteiger partial charge in [0.15, 0.2) is 4.38 Å². The van der Waals surface area contributed by atoms with Crippen molar-refractivity contribution in [1.82, 2.24) is 5.01 Å². The summed E-state index contributed by atoms with van der Waals surface area (Å²) in [5.74, 6) is -0.385. The van der Waals surface area contributed by atoms with Crippen LogP contribution in [-0.2, 0) is 4.79 Å². The van der Waals surface area contributed by atoms with Crippen LogP contribution in [0.3, 0.4) is 0 Å². The average Bonchev–Trinajstić information content (AvgIpc) is 2.82. The number of benzene rings is 1. The van der Waals surface area contributed by atoms with Crippen LogP contribution in [0.2, 0.25) is 0 Å². The molecule has 0 saturated heterocycles. The number of amides is 1. The number of thioether (sulfide) groups is 2. The third-order valence-electron chi connectivity index (χ3n) is 2.54. The van der Waals surface area contributed by atoms with Gasteiger partial charge in [0.1, 0.15) is 11.5 Å². The van der Waals surface area contributed by atoms with Crippen molar-refractivity contribution < 1.29 is 9.90 Å². The van der Waals surface area contributed by atoms with Crippen molar-refractivity contribution in [1.29, 1.82) is 0 Å². The molecule has 1 aliphatic rings. The number of halogens is 1. The van der Waals surface area contributed by atoms with Gasteiger partial charge < -0.3 is 5.11 Å². The Morgan fingerprint density at radius 3 is 2.68 bits per heavy atom. The van der Waals surface area contributed by atoms with E-state index >= 15 is 0 Å². The Morgan fingerprint density at radius 2 is 2.16 bits per heavy atom. The molecule has 0 radical (unpaired) electrons. The lowest BCUT2D eigenvalue weighted by atomic mass is 10.2. The van der Waals surface area contributed by atoms with E-state index < -0.39 is 6.10 Å². The molecule has 7 heteroatoms. The molecule has 0 aromatic heterocycles. The van der Waals surface area contributed by atoms with E-state index in [-0.39, 0.29) is 11.3 Å². The minimum Gasteiger partial charge on any atom is -0.383 e. The fourth-order valence-corrected chi connectivity index (χ4v) is 3.55. The second kappa shape index (κ2) is 6.30. The smallest absolute Gasteiger partial charge is 0.272 e. The Bertz CT molecular complexity index is 505. The third kappa shape index (κ3) is 3.34. The lowest BCUT2D eigenvalue weighted by Gasteiger charge is -2.22. The topological polar surface area (TPSA) is 52.9 Å². The number of hydrogen-bond donors (Lipinski definition) is 1. The summed E-state index contributed by atoms with van der Waals surface area (Å²) in [6, 6.07) is 7.75. The minimum absolute atomic E-state index is 0.211. The van der Waals surface area contributed by atoms with Gasteiger partial charge in [-0.2, -0.15) is 5.10 Å². The fourth-order valence-electron chi connectivity index (χ4n) is 1.59.